The van der Waals surface area contributed by atoms with Crippen molar-refractivity contribution in [1.82, 2.24) is 4.90 Å². The lowest BCUT2D eigenvalue weighted by Gasteiger charge is -2.37. The number of rotatable bonds is 3. The van der Waals surface area contributed by atoms with Gasteiger partial charge in [0.05, 0.1) is 0 Å². The molecule has 2 bridgehead atoms. The van der Waals surface area contributed by atoms with Gasteiger partial charge in [-0.15, -0.1) is 0 Å². The van der Waals surface area contributed by atoms with Crippen LogP contribution in [0.25, 0.3) is 0 Å². The van der Waals surface area contributed by atoms with Crippen molar-refractivity contribution in [3.05, 3.63) is 28.8 Å². The summed E-state index contributed by atoms with van der Waals surface area (Å²) in [5, 5.41) is 0.783. The molecule has 0 aromatic heterocycles. The zero-order chi connectivity index (χ0) is 16.7. The van der Waals surface area contributed by atoms with Gasteiger partial charge >= 0.3 is 0 Å². The van der Waals surface area contributed by atoms with Gasteiger partial charge in [0.25, 0.3) is 0 Å². The van der Waals surface area contributed by atoms with E-state index in [0.29, 0.717) is 11.8 Å². The molecule has 130 valence electrons. The smallest absolute Gasteiger partial charge is 0.222 e. The zero-order valence-corrected chi connectivity index (χ0v) is 15.3. The molecule has 0 unspecified atom stereocenters. The molecule has 3 fully saturated rings. The third-order valence-electron chi connectivity index (χ3n) is 6.47. The number of piperazine rings is 1. The molecule has 24 heavy (non-hydrogen) atoms. The van der Waals surface area contributed by atoms with Crippen LogP contribution in [0.5, 0.6) is 0 Å². The molecule has 0 N–H and O–H groups in total. The van der Waals surface area contributed by atoms with E-state index in [9.17, 15) is 4.79 Å². The van der Waals surface area contributed by atoms with E-state index in [1.807, 2.05) is 12.1 Å². The Hall–Kier alpha value is -1.22. The quantitative estimate of drug-likeness (QED) is 0.821. The molecule has 0 radical (unpaired) electrons. The summed E-state index contributed by atoms with van der Waals surface area (Å²) in [6.07, 6.45) is 6.26. The van der Waals surface area contributed by atoms with Crippen LogP contribution >= 0.6 is 11.6 Å². The molecule has 1 aliphatic heterocycles. The molecule has 1 amide bonds. The molecule has 1 heterocycles. The Bertz CT molecular complexity index is 624. The number of carbonyl (C=O) groups excluding carboxylic acids is 1. The van der Waals surface area contributed by atoms with Crippen molar-refractivity contribution in [2.24, 2.45) is 17.8 Å². The first-order valence-electron chi connectivity index (χ1n) is 9.39. The molecule has 3 aliphatic rings. The van der Waals surface area contributed by atoms with Crippen LogP contribution in [0.2, 0.25) is 5.02 Å². The number of nitrogens with zero attached hydrogens (tertiary/aromatic N) is 2. The normalized spacial score (nSPS) is 29.3. The number of amides is 1. The minimum Gasteiger partial charge on any atom is -0.368 e. The summed E-state index contributed by atoms with van der Waals surface area (Å²) < 4.78 is 0. The average Bonchev–Trinajstić information content (AvgIpc) is 3.20. The second kappa shape index (κ2) is 6.59. The van der Waals surface area contributed by atoms with Gasteiger partial charge in [0, 0.05) is 43.3 Å². The topological polar surface area (TPSA) is 23.6 Å². The first-order chi connectivity index (χ1) is 11.6. The van der Waals surface area contributed by atoms with E-state index in [1.165, 1.54) is 36.9 Å². The Kier molecular flexibility index (Phi) is 4.46. The van der Waals surface area contributed by atoms with Crippen molar-refractivity contribution >= 4 is 23.2 Å². The van der Waals surface area contributed by atoms with Crippen LogP contribution in [0.1, 0.15) is 37.7 Å². The molecule has 2 saturated carbocycles. The van der Waals surface area contributed by atoms with Gasteiger partial charge in [0.15, 0.2) is 0 Å². The fourth-order valence-corrected chi connectivity index (χ4v) is 5.27. The Balaban J connectivity index is 1.32. The van der Waals surface area contributed by atoms with Gasteiger partial charge in [0.1, 0.15) is 0 Å². The SMILES string of the molecule is Cc1ccc(Cl)cc1N1CCN(C(=O)C[C@@H]2C[C@@H]3CC[C@@H]2C3)CC1. The first-order valence-corrected chi connectivity index (χ1v) is 9.77. The van der Waals surface area contributed by atoms with E-state index in [1.54, 1.807) is 0 Å². The number of anilines is 1. The predicted octanol–water partition coefficient (Wildman–Crippen LogP) is 4.12. The highest BCUT2D eigenvalue weighted by Crippen LogP contribution is 2.49. The van der Waals surface area contributed by atoms with Crippen molar-refractivity contribution < 1.29 is 4.79 Å². The molecule has 1 aromatic carbocycles. The van der Waals surface area contributed by atoms with Gasteiger partial charge in [-0.05, 0) is 61.6 Å². The minimum absolute atomic E-state index is 0.384. The summed E-state index contributed by atoms with van der Waals surface area (Å²) in [5.74, 6) is 2.82. The lowest BCUT2D eigenvalue weighted by molar-refractivity contribution is -0.132. The molecule has 4 heteroatoms. The Labute approximate surface area is 150 Å². The number of hydrogen-bond donors (Lipinski definition) is 0. The van der Waals surface area contributed by atoms with Gasteiger partial charge in [-0.2, -0.15) is 0 Å². The lowest BCUT2D eigenvalue weighted by Crippen LogP contribution is -2.49. The Morgan fingerprint density at radius 3 is 2.62 bits per heavy atom. The van der Waals surface area contributed by atoms with E-state index in [-0.39, 0.29) is 0 Å². The van der Waals surface area contributed by atoms with Crippen LogP contribution in [-0.2, 0) is 4.79 Å². The molecular formula is C20H27ClN2O. The first kappa shape index (κ1) is 16.3. The summed E-state index contributed by atoms with van der Waals surface area (Å²) in [6.45, 7) is 5.61. The highest BCUT2D eigenvalue weighted by atomic mass is 35.5. The molecule has 0 spiro atoms. The molecule has 1 aromatic rings. The molecular weight excluding hydrogens is 320 g/mol. The van der Waals surface area contributed by atoms with Gasteiger partial charge < -0.3 is 9.80 Å². The number of fused-ring (bicyclic) bond motifs is 2. The second-order valence-electron chi connectivity index (χ2n) is 7.94. The summed E-state index contributed by atoms with van der Waals surface area (Å²) in [7, 11) is 0. The zero-order valence-electron chi connectivity index (χ0n) is 14.5. The minimum atomic E-state index is 0.384. The van der Waals surface area contributed by atoms with Crippen LogP contribution in [0, 0.1) is 24.7 Å². The van der Waals surface area contributed by atoms with E-state index < -0.39 is 0 Å². The van der Waals surface area contributed by atoms with Gasteiger partial charge in [-0.3, -0.25) is 4.79 Å². The van der Waals surface area contributed by atoms with Gasteiger partial charge in [0.2, 0.25) is 5.91 Å². The fourth-order valence-electron chi connectivity index (χ4n) is 5.10. The van der Waals surface area contributed by atoms with Gasteiger partial charge in [-0.1, -0.05) is 24.1 Å². The molecule has 3 atom stereocenters. The summed E-state index contributed by atoms with van der Waals surface area (Å²) >= 11 is 6.15. The van der Waals surface area contributed by atoms with Crippen molar-refractivity contribution in [3.8, 4) is 0 Å². The maximum atomic E-state index is 12.7. The standard InChI is InChI=1S/C20H27ClN2O/c1-14-2-5-18(21)13-19(14)22-6-8-23(9-7-22)20(24)12-17-11-15-3-4-16(17)10-15/h2,5,13,15-17H,3-4,6-12H2,1H3/t15-,16-,17+/m1/s1. The molecule has 2 aliphatic carbocycles. The third kappa shape index (κ3) is 3.15. The summed E-state index contributed by atoms with van der Waals surface area (Å²) in [6, 6.07) is 6.06. The van der Waals surface area contributed by atoms with Crippen LogP contribution in [-0.4, -0.2) is 37.0 Å². The summed E-state index contributed by atoms with van der Waals surface area (Å²) in [5.41, 5.74) is 2.46. The molecule has 4 rings (SSSR count). The summed E-state index contributed by atoms with van der Waals surface area (Å²) in [4.78, 5) is 17.1. The lowest BCUT2D eigenvalue weighted by atomic mass is 9.86. The van der Waals surface area contributed by atoms with Crippen molar-refractivity contribution in [2.45, 2.75) is 39.0 Å². The number of aryl methyl sites for hydroxylation is 1. The molecule has 1 saturated heterocycles. The molecule has 3 nitrogen and oxygen atoms in total. The van der Waals surface area contributed by atoms with E-state index in [4.69, 9.17) is 11.6 Å². The highest BCUT2D eigenvalue weighted by molar-refractivity contribution is 6.30. The monoisotopic (exact) mass is 346 g/mol. The van der Waals surface area contributed by atoms with Crippen LogP contribution in [0.3, 0.4) is 0 Å². The fraction of sp³-hybridized carbons (Fsp3) is 0.650. The Morgan fingerprint density at radius 1 is 1.17 bits per heavy atom. The number of benzene rings is 1. The van der Waals surface area contributed by atoms with Crippen molar-refractivity contribution in [1.29, 1.82) is 0 Å². The highest BCUT2D eigenvalue weighted by Gasteiger charge is 2.40. The van der Waals surface area contributed by atoms with Crippen LogP contribution in [0.15, 0.2) is 18.2 Å². The van der Waals surface area contributed by atoms with Crippen LogP contribution in [0.4, 0.5) is 5.69 Å². The van der Waals surface area contributed by atoms with Crippen LogP contribution < -0.4 is 4.90 Å². The maximum Gasteiger partial charge on any atom is 0.222 e. The van der Waals surface area contributed by atoms with E-state index in [2.05, 4.69) is 22.8 Å². The van der Waals surface area contributed by atoms with Crippen molar-refractivity contribution in [2.75, 3.05) is 31.1 Å². The Morgan fingerprint density at radius 2 is 1.96 bits per heavy atom. The number of halogens is 1. The third-order valence-corrected chi connectivity index (χ3v) is 6.70. The van der Waals surface area contributed by atoms with E-state index in [0.717, 1.165) is 49.5 Å². The largest absolute Gasteiger partial charge is 0.368 e. The van der Waals surface area contributed by atoms with E-state index >= 15 is 0 Å². The number of hydrogen-bond acceptors (Lipinski definition) is 2. The average molecular weight is 347 g/mol. The maximum absolute atomic E-state index is 12.7. The van der Waals surface area contributed by atoms with Crippen molar-refractivity contribution in [3.63, 3.8) is 0 Å². The second-order valence-corrected chi connectivity index (χ2v) is 8.37. The van der Waals surface area contributed by atoms with Gasteiger partial charge in [-0.25, -0.2) is 0 Å². The number of carbonyl (C=O) groups is 1. The predicted molar refractivity (Wildman–Crippen MR) is 98.5 cm³/mol.